The summed E-state index contributed by atoms with van der Waals surface area (Å²) in [5.74, 6) is 0.335. The number of pyridine rings is 2. The third-order valence-corrected chi connectivity index (χ3v) is 5.25. The van der Waals surface area contributed by atoms with Crippen molar-refractivity contribution in [3.05, 3.63) is 93.0 Å². The first kappa shape index (κ1) is 19.5. The molecule has 2 aromatic carbocycles. The molecule has 0 saturated heterocycles. The second-order valence-electron chi connectivity index (χ2n) is 6.85. The van der Waals surface area contributed by atoms with Gasteiger partial charge < -0.3 is 16.0 Å². The number of para-hydroxylation sites is 1. The van der Waals surface area contributed by atoms with E-state index in [1.165, 1.54) is 6.20 Å². The third-order valence-electron chi connectivity index (χ3n) is 4.94. The SMILES string of the molecule is [C-]#[N+]c1c(N)ccnc1NC(C)c1c(-c2ccccc2)[nH]c2c(Cl)cccc2c1=O. The zero-order valence-electron chi connectivity index (χ0n) is 16.1. The number of fused-ring (bicyclic) bond motifs is 1. The van der Waals surface area contributed by atoms with Gasteiger partial charge in [-0.1, -0.05) is 48.0 Å². The van der Waals surface area contributed by atoms with Crippen LogP contribution >= 0.6 is 11.6 Å². The fraction of sp³-hybridized carbons (Fsp3) is 0.0870. The van der Waals surface area contributed by atoms with Crippen molar-refractivity contribution in [3.63, 3.8) is 0 Å². The van der Waals surface area contributed by atoms with Crippen LogP contribution < -0.4 is 16.5 Å². The van der Waals surface area contributed by atoms with E-state index in [2.05, 4.69) is 20.1 Å². The molecule has 6 nitrogen and oxygen atoms in total. The van der Waals surface area contributed by atoms with Crippen LogP contribution in [0.1, 0.15) is 18.5 Å². The van der Waals surface area contributed by atoms with Crippen LogP contribution in [0.3, 0.4) is 0 Å². The van der Waals surface area contributed by atoms with E-state index in [1.807, 2.05) is 37.3 Å². The predicted octanol–water partition coefficient (Wildman–Crippen LogP) is 5.55. The number of aromatic amines is 1. The molecule has 1 atom stereocenters. The summed E-state index contributed by atoms with van der Waals surface area (Å²) < 4.78 is 0. The van der Waals surface area contributed by atoms with Crippen LogP contribution in [0.25, 0.3) is 27.0 Å². The predicted molar refractivity (Wildman–Crippen MR) is 122 cm³/mol. The lowest BCUT2D eigenvalue weighted by molar-refractivity contribution is 0.866. The molecule has 148 valence electrons. The molecule has 0 aliphatic heterocycles. The number of H-pyrrole nitrogens is 1. The molecular formula is C23H18ClN5O. The lowest BCUT2D eigenvalue weighted by Crippen LogP contribution is -2.21. The Kier molecular flexibility index (Phi) is 5.13. The van der Waals surface area contributed by atoms with Gasteiger partial charge >= 0.3 is 0 Å². The molecule has 0 radical (unpaired) electrons. The molecule has 4 N–H and O–H groups in total. The zero-order valence-corrected chi connectivity index (χ0v) is 16.9. The Hall–Kier alpha value is -3.82. The number of hydrogen-bond acceptors (Lipinski definition) is 4. The van der Waals surface area contributed by atoms with Crippen molar-refractivity contribution in [2.24, 2.45) is 0 Å². The van der Waals surface area contributed by atoms with Gasteiger partial charge in [-0.3, -0.25) is 9.78 Å². The van der Waals surface area contributed by atoms with Gasteiger partial charge in [-0.15, -0.1) is 0 Å². The molecule has 0 aliphatic rings. The molecule has 0 fully saturated rings. The van der Waals surface area contributed by atoms with E-state index in [0.29, 0.717) is 38.7 Å². The Morgan fingerprint density at radius 2 is 1.93 bits per heavy atom. The normalized spacial score (nSPS) is 11.8. The summed E-state index contributed by atoms with van der Waals surface area (Å²) in [6.45, 7) is 9.26. The number of nitrogens with two attached hydrogens (primary N) is 1. The molecule has 0 saturated carbocycles. The number of hydrogen-bond donors (Lipinski definition) is 3. The van der Waals surface area contributed by atoms with Gasteiger partial charge in [-0.05, 0) is 30.7 Å². The van der Waals surface area contributed by atoms with Gasteiger partial charge in [0.05, 0.1) is 28.8 Å². The van der Waals surface area contributed by atoms with Crippen LogP contribution in [0.2, 0.25) is 5.02 Å². The van der Waals surface area contributed by atoms with Gasteiger partial charge in [-0.2, -0.15) is 0 Å². The van der Waals surface area contributed by atoms with E-state index in [-0.39, 0.29) is 11.1 Å². The summed E-state index contributed by atoms with van der Waals surface area (Å²) in [6, 6.07) is 15.9. The maximum Gasteiger partial charge on any atom is 0.250 e. The fourth-order valence-electron chi connectivity index (χ4n) is 3.51. The Morgan fingerprint density at radius 1 is 1.17 bits per heavy atom. The van der Waals surface area contributed by atoms with Gasteiger partial charge in [0.25, 0.3) is 0 Å². The van der Waals surface area contributed by atoms with Crippen LogP contribution in [0.15, 0.2) is 65.6 Å². The molecule has 4 aromatic rings. The van der Waals surface area contributed by atoms with Gasteiger partial charge in [-0.25, -0.2) is 4.85 Å². The second-order valence-corrected chi connectivity index (χ2v) is 7.25. The summed E-state index contributed by atoms with van der Waals surface area (Å²) in [5, 5.41) is 4.16. The number of nitrogens with zero attached hydrogens (tertiary/aromatic N) is 2. The van der Waals surface area contributed by atoms with Crippen LogP contribution in [0.5, 0.6) is 0 Å². The van der Waals surface area contributed by atoms with Crippen molar-refractivity contribution in [1.82, 2.24) is 9.97 Å². The summed E-state index contributed by atoms with van der Waals surface area (Å²) in [7, 11) is 0. The first-order valence-electron chi connectivity index (χ1n) is 9.29. The van der Waals surface area contributed by atoms with Crippen molar-refractivity contribution in [2.45, 2.75) is 13.0 Å². The van der Waals surface area contributed by atoms with Crippen molar-refractivity contribution >= 4 is 39.7 Å². The van der Waals surface area contributed by atoms with Crippen LogP contribution in [0.4, 0.5) is 17.2 Å². The number of anilines is 2. The number of aromatic nitrogens is 2. The number of nitrogens with one attached hydrogen (secondary N) is 2. The highest BCUT2D eigenvalue weighted by atomic mass is 35.5. The summed E-state index contributed by atoms with van der Waals surface area (Å²) in [5.41, 5.74) is 8.95. The van der Waals surface area contributed by atoms with Gasteiger partial charge in [0.15, 0.2) is 5.43 Å². The van der Waals surface area contributed by atoms with Crippen molar-refractivity contribution in [3.8, 4) is 11.3 Å². The Bertz CT molecular complexity index is 1340. The van der Waals surface area contributed by atoms with E-state index in [0.717, 1.165) is 5.56 Å². The smallest absolute Gasteiger partial charge is 0.250 e. The molecule has 0 amide bonds. The molecule has 2 heterocycles. The molecule has 0 bridgehead atoms. The first-order valence-corrected chi connectivity index (χ1v) is 9.67. The number of rotatable bonds is 4. The molecule has 0 aliphatic carbocycles. The second kappa shape index (κ2) is 7.90. The van der Waals surface area contributed by atoms with E-state index in [1.54, 1.807) is 24.3 Å². The Balaban J connectivity index is 1.94. The van der Waals surface area contributed by atoms with Crippen molar-refractivity contribution in [1.29, 1.82) is 0 Å². The maximum atomic E-state index is 13.5. The maximum absolute atomic E-state index is 13.5. The minimum absolute atomic E-state index is 0.140. The molecule has 0 spiro atoms. The van der Waals surface area contributed by atoms with Gasteiger partial charge in [0.2, 0.25) is 5.69 Å². The number of nitrogen functional groups attached to an aromatic ring is 1. The van der Waals surface area contributed by atoms with E-state index >= 15 is 0 Å². The quantitative estimate of drug-likeness (QED) is 0.381. The largest absolute Gasteiger partial charge is 0.407 e. The van der Waals surface area contributed by atoms with Crippen LogP contribution in [-0.2, 0) is 0 Å². The van der Waals surface area contributed by atoms with E-state index < -0.39 is 6.04 Å². The van der Waals surface area contributed by atoms with Crippen molar-refractivity contribution < 1.29 is 0 Å². The lowest BCUT2D eigenvalue weighted by atomic mass is 9.97. The molecule has 1 unspecified atom stereocenters. The summed E-state index contributed by atoms with van der Waals surface area (Å²) in [4.78, 5) is 24.6. The molecule has 2 aromatic heterocycles. The zero-order chi connectivity index (χ0) is 21.3. The van der Waals surface area contributed by atoms with Crippen molar-refractivity contribution in [2.75, 3.05) is 11.1 Å². The molecule has 30 heavy (non-hydrogen) atoms. The summed E-state index contributed by atoms with van der Waals surface area (Å²) >= 11 is 6.36. The third kappa shape index (κ3) is 3.36. The minimum Gasteiger partial charge on any atom is -0.407 e. The minimum atomic E-state index is -0.456. The highest BCUT2D eigenvalue weighted by Gasteiger charge is 2.21. The molecule has 7 heteroatoms. The lowest BCUT2D eigenvalue weighted by Gasteiger charge is -2.20. The standard InChI is InChI=1S/C23H18ClN5O/c1-13(28-23-21(26-2)17(25)11-12-27-23)18-19(14-7-4-3-5-8-14)29-20-15(22(18)30)9-6-10-16(20)24/h3-13H,1H3,(H,29,30)(H3,25,27,28). The van der Waals surface area contributed by atoms with E-state index in [9.17, 15) is 4.79 Å². The highest BCUT2D eigenvalue weighted by Crippen LogP contribution is 2.34. The average molecular weight is 416 g/mol. The molecular weight excluding hydrogens is 398 g/mol. The highest BCUT2D eigenvalue weighted by molar-refractivity contribution is 6.35. The average Bonchev–Trinajstić information content (AvgIpc) is 2.75. The first-order chi connectivity index (χ1) is 14.5. The topological polar surface area (TPSA) is 88.2 Å². The number of benzene rings is 2. The van der Waals surface area contributed by atoms with E-state index in [4.69, 9.17) is 23.9 Å². The fourth-order valence-corrected chi connectivity index (χ4v) is 3.73. The Labute approximate surface area is 178 Å². The van der Waals surface area contributed by atoms with Gasteiger partial charge in [0.1, 0.15) is 5.82 Å². The monoisotopic (exact) mass is 415 g/mol. The molecule has 4 rings (SSSR count). The van der Waals surface area contributed by atoms with Crippen LogP contribution in [0, 0.1) is 6.57 Å². The number of halogens is 1. The van der Waals surface area contributed by atoms with Crippen LogP contribution in [-0.4, -0.2) is 9.97 Å². The van der Waals surface area contributed by atoms with Gasteiger partial charge in [0, 0.05) is 22.8 Å². The summed E-state index contributed by atoms with van der Waals surface area (Å²) in [6.07, 6.45) is 1.53. The Morgan fingerprint density at radius 3 is 2.67 bits per heavy atom.